The molecular formula is C11H23NO3S. The maximum atomic E-state index is 11.0. The standard InChI is InChI=1S/C11H23NO3S/c1-16(14,15)6-2-5-11(8-12,9-13)7-10-3-4-10/h10,13H,2-9,12H2,1H3. The van der Waals surface area contributed by atoms with Gasteiger partial charge in [0.05, 0.1) is 0 Å². The zero-order valence-corrected chi connectivity index (χ0v) is 10.8. The van der Waals surface area contributed by atoms with Crippen molar-refractivity contribution in [2.24, 2.45) is 17.1 Å². The normalized spacial score (nSPS) is 20.7. The first-order valence-electron chi connectivity index (χ1n) is 5.89. The summed E-state index contributed by atoms with van der Waals surface area (Å²) in [4.78, 5) is 0. The molecular weight excluding hydrogens is 226 g/mol. The van der Waals surface area contributed by atoms with Gasteiger partial charge in [0.25, 0.3) is 0 Å². The number of sulfone groups is 1. The molecule has 1 unspecified atom stereocenters. The molecule has 5 heteroatoms. The molecule has 4 nitrogen and oxygen atoms in total. The van der Waals surface area contributed by atoms with Crippen molar-refractivity contribution < 1.29 is 13.5 Å². The largest absolute Gasteiger partial charge is 0.396 e. The van der Waals surface area contributed by atoms with Crippen molar-refractivity contribution in [3.8, 4) is 0 Å². The summed E-state index contributed by atoms with van der Waals surface area (Å²) in [5, 5.41) is 9.45. The number of aliphatic hydroxyl groups is 1. The quantitative estimate of drug-likeness (QED) is 0.658. The van der Waals surface area contributed by atoms with Crippen LogP contribution in [0, 0.1) is 11.3 Å². The van der Waals surface area contributed by atoms with Gasteiger partial charge in [0.2, 0.25) is 0 Å². The molecule has 0 bridgehead atoms. The molecule has 0 saturated heterocycles. The third-order valence-corrected chi connectivity index (χ3v) is 4.44. The fraction of sp³-hybridized carbons (Fsp3) is 1.00. The SMILES string of the molecule is CS(=O)(=O)CCCC(CN)(CO)CC1CC1. The Hall–Kier alpha value is -0.130. The molecule has 0 amide bonds. The Kier molecular flexibility index (Phi) is 4.76. The Morgan fingerprint density at radius 1 is 1.44 bits per heavy atom. The molecule has 16 heavy (non-hydrogen) atoms. The second-order valence-corrected chi connectivity index (χ2v) is 7.50. The van der Waals surface area contributed by atoms with Crippen LogP contribution in [0.3, 0.4) is 0 Å². The van der Waals surface area contributed by atoms with Crippen LogP contribution in [0.5, 0.6) is 0 Å². The highest BCUT2D eigenvalue weighted by Crippen LogP contribution is 2.42. The number of rotatable bonds is 8. The highest BCUT2D eigenvalue weighted by molar-refractivity contribution is 7.90. The van der Waals surface area contributed by atoms with E-state index in [0.29, 0.717) is 25.3 Å². The average molecular weight is 249 g/mol. The van der Waals surface area contributed by atoms with Gasteiger partial charge in [0.15, 0.2) is 0 Å². The average Bonchev–Trinajstić information content (AvgIpc) is 2.98. The second kappa shape index (κ2) is 5.47. The van der Waals surface area contributed by atoms with E-state index in [9.17, 15) is 13.5 Å². The van der Waals surface area contributed by atoms with Crippen molar-refractivity contribution in [1.82, 2.24) is 0 Å². The highest BCUT2D eigenvalue weighted by Gasteiger charge is 2.35. The van der Waals surface area contributed by atoms with E-state index in [1.807, 2.05) is 0 Å². The monoisotopic (exact) mass is 249 g/mol. The molecule has 0 aliphatic heterocycles. The molecule has 0 spiro atoms. The van der Waals surface area contributed by atoms with Crippen molar-refractivity contribution >= 4 is 9.84 Å². The zero-order valence-electron chi connectivity index (χ0n) is 9.98. The third kappa shape index (κ3) is 4.80. The predicted octanol–water partition coefficient (Wildman–Crippen LogP) is 0.549. The number of nitrogens with two attached hydrogens (primary N) is 1. The van der Waals surface area contributed by atoms with Gasteiger partial charge in [-0.3, -0.25) is 0 Å². The molecule has 1 aliphatic carbocycles. The lowest BCUT2D eigenvalue weighted by atomic mass is 9.79. The molecule has 0 radical (unpaired) electrons. The van der Waals surface area contributed by atoms with Gasteiger partial charge < -0.3 is 10.8 Å². The van der Waals surface area contributed by atoms with Crippen LogP contribution in [0.15, 0.2) is 0 Å². The third-order valence-electron chi connectivity index (χ3n) is 3.41. The topological polar surface area (TPSA) is 80.4 Å². The van der Waals surface area contributed by atoms with Gasteiger partial charge in [-0.15, -0.1) is 0 Å². The fourth-order valence-corrected chi connectivity index (χ4v) is 2.81. The molecule has 1 aliphatic rings. The Morgan fingerprint density at radius 2 is 2.06 bits per heavy atom. The van der Waals surface area contributed by atoms with E-state index >= 15 is 0 Å². The van der Waals surface area contributed by atoms with Crippen LogP contribution in [-0.4, -0.2) is 38.7 Å². The molecule has 0 heterocycles. The Bertz CT molecular complexity index is 305. The minimum absolute atomic E-state index is 0.0732. The minimum atomic E-state index is -2.90. The lowest BCUT2D eigenvalue weighted by Gasteiger charge is -2.30. The first-order valence-corrected chi connectivity index (χ1v) is 7.95. The summed E-state index contributed by atoms with van der Waals surface area (Å²) in [5.41, 5.74) is 5.49. The first kappa shape index (κ1) is 13.9. The van der Waals surface area contributed by atoms with Gasteiger partial charge in [-0.2, -0.15) is 0 Å². The van der Waals surface area contributed by atoms with E-state index in [2.05, 4.69) is 0 Å². The van der Waals surface area contributed by atoms with Crippen LogP contribution in [0.2, 0.25) is 0 Å². The van der Waals surface area contributed by atoms with E-state index in [1.165, 1.54) is 19.1 Å². The molecule has 0 aromatic rings. The molecule has 1 rings (SSSR count). The van der Waals surface area contributed by atoms with Crippen LogP contribution >= 0.6 is 0 Å². The summed E-state index contributed by atoms with van der Waals surface area (Å²) in [7, 11) is -2.90. The number of aliphatic hydroxyl groups excluding tert-OH is 1. The highest BCUT2D eigenvalue weighted by atomic mass is 32.2. The first-order chi connectivity index (χ1) is 7.41. The van der Waals surface area contributed by atoms with Gasteiger partial charge in [-0.05, 0) is 25.2 Å². The van der Waals surface area contributed by atoms with Crippen LogP contribution in [0.25, 0.3) is 0 Å². The number of hydrogen-bond donors (Lipinski definition) is 2. The van der Waals surface area contributed by atoms with E-state index < -0.39 is 9.84 Å². The Morgan fingerprint density at radius 3 is 2.44 bits per heavy atom. The Balaban J connectivity index is 2.42. The Labute approximate surface area is 98.1 Å². The molecule has 96 valence electrons. The van der Waals surface area contributed by atoms with E-state index in [4.69, 9.17) is 5.73 Å². The van der Waals surface area contributed by atoms with Crippen LogP contribution in [0.4, 0.5) is 0 Å². The summed E-state index contributed by atoms with van der Waals surface area (Å²) in [6.45, 7) is 0.521. The van der Waals surface area contributed by atoms with Gasteiger partial charge in [-0.25, -0.2) is 8.42 Å². The van der Waals surface area contributed by atoms with Crippen molar-refractivity contribution in [3.63, 3.8) is 0 Å². The van der Waals surface area contributed by atoms with Crippen LogP contribution < -0.4 is 5.73 Å². The van der Waals surface area contributed by atoms with Crippen molar-refractivity contribution in [1.29, 1.82) is 0 Å². The fourth-order valence-electron chi connectivity index (χ4n) is 2.14. The van der Waals surface area contributed by atoms with Gasteiger partial charge in [-0.1, -0.05) is 12.8 Å². The smallest absolute Gasteiger partial charge is 0.147 e. The maximum absolute atomic E-state index is 11.0. The number of hydrogen-bond acceptors (Lipinski definition) is 4. The van der Waals surface area contributed by atoms with E-state index in [1.54, 1.807) is 0 Å². The van der Waals surface area contributed by atoms with Crippen molar-refractivity contribution in [2.75, 3.05) is 25.2 Å². The summed E-state index contributed by atoms with van der Waals surface area (Å²) in [6.07, 6.45) is 5.97. The van der Waals surface area contributed by atoms with Crippen molar-refractivity contribution in [3.05, 3.63) is 0 Å². The van der Waals surface area contributed by atoms with E-state index in [-0.39, 0.29) is 17.8 Å². The maximum Gasteiger partial charge on any atom is 0.147 e. The summed E-state index contributed by atoms with van der Waals surface area (Å²) < 4.78 is 22.1. The van der Waals surface area contributed by atoms with Crippen LogP contribution in [0.1, 0.15) is 32.1 Å². The minimum Gasteiger partial charge on any atom is -0.396 e. The summed E-state index contributed by atoms with van der Waals surface area (Å²) >= 11 is 0. The van der Waals surface area contributed by atoms with Crippen LogP contribution in [-0.2, 0) is 9.84 Å². The molecule has 0 aromatic heterocycles. The zero-order chi connectivity index (χ0) is 12.2. The second-order valence-electron chi connectivity index (χ2n) is 5.24. The van der Waals surface area contributed by atoms with Gasteiger partial charge in [0, 0.05) is 30.6 Å². The molecule has 1 fully saturated rings. The lowest BCUT2D eigenvalue weighted by Crippen LogP contribution is -2.35. The van der Waals surface area contributed by atoms with Gasteiger partial charge in [0.1, 0.15) is 9.84 Å². The van der Waals surface area contributed by atoms with Gasteiger partial charge >= 0.3 is 0 Å². The molecule has 1 saturated carbocycles. The molecule has 0 aromatic carbocycles. The summed E-state index contributed by atoms with van der Waals surface area (Å²) in [6, 6.07) is 0. The molecule has 1 atom stereocenters. The lowest BCUT2D eigenvalue weighted by molar-refractivity contribution is 0.106. The predicted molar refractivity (Wildman–Crippen MR) is 64.9 cm³/mol. The van der Waals surface area contributed by atoms with E-state index in [0.717, 1.165) is 6.42 Å². The summed E-state index contributed by atoms with van der Waals surface area (Å²) in [5.74, 6) is 0.897. The van der Waals surface area contributed by atoms with Crippen molar-refractivity contribution in [2.45, 2.75) is 32.1 Å². The molecule has 3 N–H and O–H groups in total.